The first kappa shape index (κ1) is 19.8. The molecule has 2 rings (SSSR count). The van der Waals surface area contributed by atoms with Gasteiger partial charge >= 0.3 is 0 Å². The molecule has 0 fully saturated rings. The Kier molecular flexibility index (Phi) is 7.77. The van der Waals surface area contributed by atoms with Crippen LogP contribution in [0, 0.1) is 11.6 Å². The van der Waals surface area contributed by atoms with Gasteiger partial charge in [-0.05, 0) is 17.7 Å². The number of rotatable bonds is 9. The van der Waals surface area contributed by atoms with Gasteiger partial charge in [-0.25, -0.2) is 8.78 Å². The molecule has 0 spiro atoms. The smallest absolute Gasteiger partial charge is 0.190 e. The van der Waals surface area contributed by atoms with Crippen LogP contribution in [0.15, 0.2) is 46.9 Å². The number of aliphatic hydroxyl groups is 2. The summed E-state index contributed by atoms with van der Waals surface area (Å²) >= 11 is 2.99. The third-order valence-electron chi connectivity index (χ3n) is 3.52. The highest BCUT2D eigenvalue weighted by Crippen LogP contribution is 2.26. The van der Waals surface area contributed by atoms with Crippen LogP contribution in [0.3, 0.4) is 0 Å². The molecule has 0 unspecified atom stereocenters. The molecule has 0 aliphatic rings. The third-order valence-corrected chi connectivity index (χ3v) is 3.98. The Morgan fingerprint density at radius 1 is 1.12 bits per heavy atom. The van der Waals surface area contributed by atoms with E-state index in [-0.39, 0.29) is 24.2 Å². The van der Waals surface area contributed by atoms with E-state index in [0.29, 0.717) is 13.1 Å². The summed E-state index contributed by atoms with van der Waals surface area (Å²) in [4.78, 5) is 1.84. The fourth-order valence-corrected chi connectivity index (χ4v) is 2.82. The molecule has 136 valence electrons. The molecule has 2 N–H and O–H groups in total. The van der Waals surface area contributed by atoms with E-state index in [1.807, 2.05) is 35.2 Å². The molecule has 4 nitrogen and oxygen atoms in total. The van der Waals surface area contributed by atoms with Crippen molar-refractivity contribution in [1.82, 2.24) is 4.90 Å². The standard InChI is InChI=1S/C18H20BrF2NO3/c19-14-8-16(20)18(17(21)9-14)25-12-15(24)11-22(6-7-23)10-13-4-2-1-3-5-13/h1-5,8-9,15,23-24H,6-7,10-12H2/t15-/m0/s1. The Morgan fingerprint density at radius 3 is 2.36 bits per heavy atom. The molecular weight excluding hydrogens is 396 g/mol. The molecule has 1 atom stereocenters. The summed E-state index contributed by atoms with van der Waals surface area (Å²) in [5, 5.41) is 19.3. The second-order valence-corrected chi connectivity index (χ2v) is 6.52. The number of ether oxygens (including phenoxy) is 1. The topological polar surface area (TPSA) is 52.9 Å². The van der Waals surface area contributed by atoms with Gasteiger partial charge in [0, 0.05) is 24.1 Å². The van der Waals surface area contributed by atoms with Crippen molar-refractivity contribution in [1.29, 1.82) is 0 Å². The van der Waals surface area contributed by atoms with Crippen molar-refractivity contribution >= 4 is 15.9 Å². The Morgan fingerprint density at radius 2 is 1.76 bits per heavy atom. The van der Waals surface area contributed by atoms with Crippen LogP contribution in [-0.4, -0.2) is 47.5 Å². The van der Waals surface area contributed by atoms with E-state index in [2.05, 4.69) is 15.9 Å². The minimum Gasteiger partial charge on any atom is -0.485 e. The summed E-state index contributed by atoms with van der Waals surface area (Å²) in [5.74, 6) is -2.19. The summed E-state index contributed by atoms with van der Waals surface area (Å²) in [5.41, 5.74) is 1.04. The van der Waals surface area contributed by atoms with Crippen molar-refractivity contribution in [3.05, 3.63) is 64.1 Å². The van der Waals surface area contributed by atoms with Crippen LogP contribution < -0.4 is 4.74 Å². The molecule has 0 aromatic heterocycles. The Labute approximate surface area is 153 Å². The molecule has 0 aliphatic carbocycles. The van der Waals surface area contributed by atoms with Crippen molar-refractivity contribution < 1.29 is 23.7 Å². The number of hydrogen-bond acceptors (Lipinski definition) is 4. The fourth-order valence-electron chi connectivity index (χ4n) is 2.42. The van der Waals surface area contributed by atoms with Crippen LogP contribution >= 0.6 is 15.9 Å². The quantitative estimate of drug-likeness (QED) is 0.660. The van der Waals surface area contributed by atoms with Crippen molar-refractivity contribution in [3.8, 4) is 5.75 Å². The molecular formula is C18H20BrF2NO3. The lowest BCUT2D eigenvalue weighted by Crippen LogP contribution is -2.37. The van der Waals surface area contributed by atoms with Gasteiger partial charge in [0.15, 0.2) is 17.4 Å². The van der Waals surface area contributed by atoms with Gasteiger partial charge in [-0.3, -0.25) is 4.90 Å². The van der Waals surface area contributed by atoms with Gasteiger partial charge in [0.2, 0.25) is 0 Å². The van der Waals surface area contributed by atoms with Gasteiger partial charge < -0.3 is 14.9 Å². The van der Waals surface area contributed by atoms with Gasteiger partial charge in [-0.15, -0.1) is 0 Å². The molecule has 2 aromatic carbocycles. The highest BCUT2D eigenvalue weighted by molar-refractivity contribution is 9.10. The molecule has 7 heteroatoms. The molecule has 0 bridgehead atoms. The maximum absolute atomic E-state index is 13.7. The van der Waals surface area contributed by atoms with Gasteiger partial charge in [0.05, 0.1) is 6.61 Å². The third kappa shape index (κ3) is 6.36. The maximum atomic E-state index is 13.7. The Hall–Kier alpha value is -1.54. The molecule has 0 saturated carbocycles. The van der Waals surface area contributed by atoms with E-state index in [1.54, 1.807) is 0 Å². The van der Waals surface area contributed by atoms with E-state index < -0.39 is 23.5 Å². The first-order valence-electron chi connectivity index (χ1n) is 7.82. The Balaban J connectivity index is 1.92. The molecule has 0 heterocycles. The number of aliphatic hydroxyl groups excluding tert-OH is 2. The molecule has 0 aliphatic heterocycles. The van der Waals surface area contributed by atoms with Crippen LogP contribution in [0.5, 0.6) is 5.75 Å². The van der Waals surface area contributed by atoms with E-state index >= 15 is 0 Å². The van der Waals surface area contributed by atoms with Gasteiger partial charge in [0.1, 0.15) is 12.7 Å². The molecule has 2 aromatic rings. The fraction of sp³-hybridized carbons (Fsp3) is 0.333. The number of benzene rings is 2. The highest BCUT2D eigenvalue weighted by Gasteiger charge is 2.16. The summed E-state index contributed by atoms with van der Waals surface area (Å²) in [6.07, 6.45) is -0.960. The zero-order chi connectivity index (χ0) is 18.2. The summed E-state index contributed by atoms with van der Waals surface area (Å²) in [6, 6.07) is 11.8. The van der Waals surface area contributed by atoms with Crippen molar-refractivity contribution in [2.24, 2.45) is 0 Å². The van der Waals surface area contributed by atoms with Crippen molar-refractivity contribution in [2.75, 3.05) is 26.3 Å². The number of halogens is 3. The molecule has 25 heavy (non-hydrogen) atoms. The van der Waals surface area contributed by atoms with Gasteiger partial charge in [-0.2, -0.15) is 0 Å². The van der Waals surface area contributed by atoms with Crippen LogP contribution in [-0.2, 0) is 6.54 Å². The van der Waals surface area contributed by atoms with Crippen molar-refractivity contribution in [2.45, 2.75) is 12.6 Å². The van der Waals surface area contributed by atoms with Crippen LogP contribution in [0.2, 0.25) is 0 Å². The second-order valence-electron chi connectivity index (χ2n) is 5.61. The zero-order valence-corrected chi connectivity index (χ0v) is 15.1. The van der Waals surface area contributed by atoms with E-state index in [1.165, 1.54) is 0 Å². The van der Waals surface area contributed by atoms with E-state index in [9.17, 15) is 19.0 Å². The SMILES string of the molecule is OCCN(Cc1ccccc1)C[C@H](O)COc1c(F)cc(Br)cc1F. The lowest BCUT2D eigenvalue weighted by atomic mass is 10.2. The lowest BCUT2D eigenvalue weighted by Gasteiger charge is -2.24. The second kappa shape index (κ2) is 9.82. The minimum absolute atomic E-state index is 0.0591. The monoisotopic (exact) mass is 415 g/mol. The average molecular weight is 416 g/mol. The molecule has 0 radical (unpaired) electrons. The summed E-state index contributed by atoms with van der Waals surface area (Å²) in [6.45, 7) is 0.796. The maximum Gasteiger partial charge on any atom is 0.190 e. The lowest BCUT2D eigenvalue weighted by molar-refractivity contribution is 0.0565. The predicted octanol–water partition coefficient (Wildman–Crippen LogP) is 2.96. The van der Waals surface area contributed by atoms with Crippen LogP contribution in [0.1, 0.15) is 5.56 Å². The first-order chi connectivity index (χ1) is 12.0. The number of hydrogen-bond donors (Lipinski definition) is 2. The van der Waals surface area contributed by atoms with E-state index in [0.717, 1.165) is 17.7 Å². The van der Waals surface area contributed by atoms with Crippen LogP contribution in [0.4, 0.5) is 8.78 Å². The predicted molar refractivity (Wildman–Crippen MR) is 94.4 cm³/mol. The molecule has 0 amide bonds. The normalized spacial score (nSPS) is 12.4. The zero-order valence-electron chi connectivity index (χ0n) is 13.5. The van der Waals surface area contributed by atoms with Crippen LogP contribution in [0.25, 0.3) is 0 Å². The number of nitrogens with zero attached hydrogens (tertiary/aromatic N) is 1. The van der Waals surface area contributed by atoms with Crippen molar-refractivity contribution in [3.63, 3.8) is 0 Å². The van der Waals surface area contributed by atoms with Gasteiger partial charge in [-0.1, -0.05) is 46.3 Å². The average Bonchev–Trinajstić information content (AvgIpc) is 2.55. The highest BCUT2D eigenvalue weighted by atomic mass is 79.9. The van der Waals surface area contributed by atoms with E-state index in [4.69, 9.17) is 4.74 Å². The van der Waals surface area contributed by atoms with Gasteiger partial charge in [0.25, 0.3) is 0 Å². The summed E-state index contributed by atoms with van der Waals surface area (Å²) < 4.78 is 32.8. The minimum atomic E-state index is -0.960. The Bertz CT molecular complexity index is 650. The molecule has 0 saturated heterocycles. The first-order valence-corrected chi connectivity index (χ1v) is 8.61. The largest absolute Gasteiger partial charge is 0.485 e. The summed E-state index contributed by atoms with van der Waals surface area (Å²) in [7, 11) is 0.